The van der Waals surface area contributed by atoms with Crippen molar-refractivity contribution in [3.05, 3.63) is 58.3 Å². The van der Waals surface area contributed by atoms with Gasteiger partial charge < -0.3 is 9.64 Å². The Bertz CT molecular complexity index is 1180. The van der Waals surface area contributed by atoms with Crippen LogP contribution < -0.4 is 9.64 Å². The van der Waals surface area contributed by atoms with Gasteiger partial charge in [0.05, 0.1) is 19.3 Å². The van der Waals surface area contributed by atoms with Crippen LogP contribution in [0.15, 0.2) is 30.3 Å². The van der Waals surface area contributed by atoms with Crippen molar-refractivity contribution in [3.63, 3.8) is 0 Å². The van der Waals surface area contributed by atoms with Crippen molar-refractivity contribution in [1.82, 2.24) is 24.6 Å². The fraction of sp³-hybridized carbons (Fsp3) is 0.480. The van der Waals surface area contributed by atoms with E-state index in [-0.39, 0.29) is 0 Å². The second kappa shape index (κ2) is 8.29. The first-order chi connectivity index (χ1) is 16.1. The van der Waals surface area contributed by atoms with Crippen molar-refractivity contribution in [2.24, 2.45) is 0 Å². The van der Waals surface area contributed by atoms with Crippen LogP contribution >= 0.6 is 11.6 Å². The molecule has 0 spiro atoms. The molecule has 8 heteroatoms. The first-order valence-electron chi connectivity index (χ1n) is 11.8. The maximum atomic E-state index is 6.39. The van der Waals surface area contributed by atoms with Gasteiger partial charge in [0.2, 0.25) is 0 Å². The number of benzene rings is 1. The summed E-state index contributed by atoms with van der Waals surface area (Å²) in [5.74, 6) is 4.25. The summed E-state index contributed by atoms with van der Waals surface area (Å²) in [4.78, 5) is 9.63. The summed E-state index contributed by atoms with van der Waals surface area (Å²) in [5.41, 5.74) is 3.45. The molecule has 1 aromatic carbocycles. The van der Waals surface area contributed by atoms with Crippen molar-refractivity contribution >= 4 is 17.4 Å². The molecule has 0 unspecified atom stereocenters. The molecule has 4 heterocycles. The number of methoxy groups -OCH3 is 1. The fourth-order valence-electron chi connectivity index (χ4n) is 5.28. The summed E-state index contributed by atoms with van der Waals surface area (Å²) in [7, 11) is 1.71. The molecule has 2 aromatic heterocycles. The van der Waals surface area contributed by atoms with Crippen LogP contribution in [0.4, 0.5) is 5.82 Å². The maximum Gasteiger partial charge on any atom is 0.171 e. The summed E-state index contributed by atoms with van der Waals surface area (Å²) in [6.07, 6.45) is 4.55. The summed E-state index contributed by atoms with van der Waals surface area (Å²) in [6.45, 7) is 5.62. The SMILES string of the molecule is COc1ccc(C)nc1N1CCC(c2nnc3n2-c2ccc(Cl)cc2CN(C2CC2)C3)CC1. The van der Waals surface area contributed by atoms with Gasteiger partial charge in [0.15, 0.2) is 17.4 Å². The largest absolute Gasteiger partial charge is 0.493 e. The Labute approximate surface area is 199 Å². The number of aromatic nitrogens is 4. The Morgan fingerprint density at radius 3 is 2.58 bits per heavy atom. The van der Waals surface area contributed by atoms with E-state index in [2.05, 4.69) is 31.6 Å². The molecule has 0 N–H and O–H groups in total. The van der Waals surface area contributed by atoms with Crippen LogP contribution in [-0.2, 0) is 13.1 Å². The molecule has 2 fully saturated rings. The van der Waals surface area contributed by atoms with E-state index in [0.29, 0.717) is 12.0 Å². The minimum atomic E-state index is 0.356. The summed E-state index contributed by atoms with van der Waals surface area (Å²) >= 11 is 6.39. The van der Waals surface area contributed by atoms with E-state index < -0.39 is 0 Å². The van der Waals surface area contributed by atoms with Crippen molar-refractivity contribution < 1.29 is 4.74 Å². The highest BCUT2D eigenvalue weighted by Gasteiger charge is 2.35. The van der Waals surface area contributed by atoms with Crippen molar-refractivity contribution in [2.75, 3.05) is 25.1 Å². The summed E-state index contributed by atoms with van der Waals surface area (Å²) in [6, 6.07) is 10.9. The number of halogens is 1. The van der Waals surface area contributed by atoms with Gasteiger partial charge in [-0.25, -0.2) is 4.98 Å². The Kier molecular flexibility index (Phi) is 5.26. The van der Waals surface area contributed by atoms with E-state index in [4.69, 9.17) is 26.4 Å². The van der Waals surface area contributed by atoms with Gasteiger partial charge in [0.25, 0.3) is 0 Å². The molecule has 172 valence electrons. The number of fused-ring (bicyclic) bond motifs is 3. The Hall–Kier alpha value is -2.64. The van der Waals surface area contributed by atoms with Crippen LogP contribution in [0.1, 0.15) is 54.5 Å². The molecule has 33 heavy (non-hydrogen) atoms. The van der Waals surface area contributed by atoms with Gasteiger partial charge in [-0.15, -0.1) is 10.2 Å². The number of hydrogen-bond acceptors (Lipinski definition) is 6. The standard InChI is InChI=1S/C25H29ClN6O/c1-16-3-8-22(33-2)25(27-16)30-11-9-17(10-12-30)24-29-28-23-15-31(20-5-6-20)14-18-13-19(26)4-7-21(18)32(23)24/h3-4,7-8,13,17,20H,5-6,9-12,14-15H2,1-2H3. The third kappa shape index (κ3) is 3.87. The number of ether oxygens (including phenoxy) is 1. The van der Waals surface area contributed by atoms with Crippen LogP contribution in [-0.4, -0.2) is 50.9 Å². The highest BCUT2D eigenvalue weighted by atomic mass is 35.5. The lowest BCUT2D eigenvalue weighted by molar-refractivity contribution is 0.243. The number of aryl methyl sites for hydroxylation is 1. The van der Waals surface area contributed by atoms with Crippen molar-refractivity contribution in [1.29, 1.82) is 0 Å². The Morgan fingerprint density at radius 1 is 1.00 bits per heavy atom. The average molecular weight is 465 g/mol. The van der Waals surface area contributed by atoms with Crippen LogP contribution in [0.5, 0.6) is 5.75 Å². The topological polar surface area (TPSA) is 59.3 Å². The van der Waals surface area contributed by atoms with Crippen molar-refractivity contribution in [2.45, 2.75) is 57.7 Å². The number of anilines is 1. The van der Waals surface area contributed by atoms with Gasteiger partial charge >= 0.3 is 0 Å². The molecular weight excluding hydrogens is 436 g/mol. The first-order valence-corrected chi connectivity index (χ1v) is 12.2. The number of rotatable bonds is 4. The highest BCUT2D eigenvalue weighted by molar-refractivity contribution is 6.30. The maximum absolute atomic E-state index is 6.39. The highest BCUT2D eigenvalue weighted by Crippen LogP contribution is 2.38. The lowest BCUT2D eigenvalue weighted by Crippen LogP contribution is -2.34. The van der Waals surface area contributed by atoms with E-state index in [1.807, 2.05) is 25.1 Å². The first kappa shape index (κ1) is 20.9. The second-order valence-electron chi connectivity index (χ2n) is 9.46. The minimum absolute atomic E-state index is 0.356. The fourth-order valence-corrected chi connectivity index (χ4v) is 5.47. The molecule has 3 aromatic rings. The van der Waals surface area contributed by atoms with Gasteiger partial charge in [-0.3, -0.25) is 9.47 Å². The van der Waals surface area contributed by atoms with Gasteiger partial charge in [-0.1, -0.05) is 11.6 Å². The molecule has 2 aliphatic heterocycles. The molecule has 1 saturated carbocycles. The van der Waals surface area contributed by atoms with E-state index in [1.54, 1.807) is 7.11 Å². The summed E-state index contributed by atoms with van der Waals surface area (Å²) < 4.78 is 7.90. The van der Waals surface area contributed by atoms with Crippen molar-refractivity contribution in [3.8, 4) is 11.4 Å². The lowest BCUT2D eigenvalue weighted by atomic mass is 9.95. The number of piperidine rings is 1. The molecule has 0 radical (unpaired) electrons. The predicted molar refractivity (Wildman–Crippen MR) is 128 cm³/mol. The van der Waals surface area contributed by atoms with Gasteiger partial charge in [0.1, 0.15) is 5.82 Å². The molecule has 3 aliphatic rings. The van der Waals surface area contributed by atoms with Crippen LogP contribution in [0.2, 0.25) is 5.02 Å². The quantitative estimate of drug-likeness (QED) is 0.566. The third-order valence-corrected chi connectivity index (χ3v) is 7.41. The molecule has 0 bridgehead atoms. The molecule has 0 atom stereocenters. The Morgan fingerprint density at radius 2 is 1.82 bits per heavy atom. The zero-order chi connectivity index (χ0) is 22.5. The molecule has 6 rings (SSSR count). The van der Waals surface area contributed by atoms with E-state index in [1.165, 1.54) is 24.1 Å². The number of pyridine rings is 1. The van der Waals surface area contributed by atoms with E-state index >= 15 is 0 Å². The van der Waals surface area contributed by atoms with Crippen LogP contribution in [0, 0.1) is 6.92 Å². The number of nitrogens with zero attached hydrogens (tertiary/aromatic N) is 6. The third-order valence-electron chi connectivity index (χ3n) is 7.18. The Balaban J connectivity index is 1.30. The zero-order valence-corrected chi connectivity index (χ0v) is 19.9. The van der Waals surface area contributed by atoms with Gasteiger partial charge in [-0.05, 0) is 68.5 Å². The lowest BCUT2D eigenvalue weighted by Gasteiger charge is -2.33. The molecule has 7 nitrogen and oxygen atoms in total. The van der Waals surface area contributed by atoms with Crippen LogP contribution in [0.3, 0.4) is 0 Å². The van der Waals surface area contributed by atoms with Crippen LogP contribution in [0.25, 0.3) is 5.69 Å². The zero-order valence-electron chi connectivity index (χ0n) is 19.2. The molecule has 1 saturated heterocycles. The van der Waals surface area contributed by atoms with E-state index in [9.17, 15) is 0 Å². The predicted octanol–water partition coefficient (Wildman–Crippen LogP) is 4.49. The average Bonchev–Trinajstić information content (AvgIpc) is 3.62. The summed E-state index contributed by atoms with van der Waals surface area (Å²) in [5, 5.41) is 10.2. The monoisotopic (exact) mass is 464 g/mol. The minimum Gasteiger partial charge on any atom is -0.493 e. The van der Waals surface area contributed by atoms with Gasteiger partial charge in [0, 0.05) is 42.3 Å². The molecule has 0 amide bonds. The smallest absolute Gasteiger partial charge is 0.171 e. The normalized spacial score (nSPS) is 19.2. The van der Waals surface area contributed by atoms with Gasteiger partial charge in [-0.2, -0.15) is 0 Å². The van der Waals surface area contributed by atoms with E-state index in [0.717, 1.165) is 73.0 Å². The number of hydrogen-bond donors (Lipinski definition) is 0. The molecule has 1 aliphatic carbocycles. The second-order valence-corrected chi connectivity index (χ2v) is 9.90. The molecular formula is C25H29ClN6O.